The molecule has 1 heterocycles. The van der Waals surface area contributed by atoms with Crippen LogP contribution in [0.25, 0.3) is 11.0 Å². The lowest BCUT2D eigenvalue weighted by atomic mass is 10.1. The van der Waals surface area contributed by atoms with Crippen molar-refractivity contribution in [2.24, 2.45) is 5.73 Å². The summed E-state index contributed by atoms with van der Waals surface area (Å²) in [5.41, 5.74) is 9.14. The van der Waals surface area contributed by atoms with Crippen molar-refractivity contribution in [1.29, 1.82) is 0 Å². The van der Waals surface area contributed by atoms with Crippen LogP contribution in [-0.4, -0.2) is 16.1 Å². The summed E-state index contributed by atoms with van der Waals surface area (Å²) in [5, 5.41) is 0. The van der Waals surface area contributed by atoms with Gasteiger partial charge in [0.2, 0.25) is 0 Å². The van der Waals surface area contributed by atoms with Crippen LogP contribution < -0.4 is 5.73 Å². The molecule has 2 aromatic carbocycles. The SMILES string of the molecule is Cc1ccc(CCc2nc3cc(F)c(F)cc3n2CCN)cc1. The highest BCUT2D eigenvalue weighted by atomic mass is 19.2. The van der Waals surface area contributed by atoms with Gasteiger partial charge in [-0.15, -0.1) is 0 Å². The Morgan fingerprint density at radius 3 is 2.43 bits per heavy atom. The van der Waals surface area contributed by atoms with Crippen molar-refractivity contribution < 1.29 is 8.78 Å². The zero-order chi connectivity index (χ0) is 16.4. The van der Waals surface area contributed by atoms with Crippen molar-refractivity contribution in [1.82, 2.24) is 9.55 Å². The Bertz CT molecular complexity index is 822. The van der Waals surface area contributed by atoms with Crippen LogP contribution in [0.4, 0.5) is 8.78 Å². The van der Waals surface area contributed by atoms with Gasteiger partial charge in [-0.05, 0) is 18.9 Å². The molecule has 23 heavy (non-hydrogen) atoms. The largest absolute Gasteiger partial charge is 0.329 e. The topological polar surface area (TPSA) is 43.8 Å². The number of aryl methyl sites for hydroxylation is 3. The van der Waals surface area contributed by atoms with Crippen molar-refractivity contribution in [3.8, 4) is 0 Å². The zero-order valence-electron chi connectivity index (χ0n) is 13.0. The van der Waals surface area contributed by atoms with Crippen LogP contribution >= 0.6 is 0 Å². The number of benzene rings is 2. The summed E-state index contributed by atoms with van der Waals surface area (Å²) in [6, 6.07) is 10.7. The molecule has 3 aromatic rings. The zero-order valence-corrected chi connectivity index (χ0v) is 13.0. The first-order valence-electron chi connectivity index (χ1n) is 7.68. The Morgan fingerprint density at radius 1 is 1.04 bits per heavy atom. The number of aromatic nitrogens is 2. The second-order valence-electron chi connectivity index (χ2n) is 5.71. The molecule has 3 rings (SSSR count). The molecule has 0 bridgehead atoms. The van der Waals surface area contributed by atoms with Crippen molar-refractivity contribution in [3.63, 3.8) is 0 Å². The molecule has 5 heteroatoms. The Balaban J connectivity index is 1.92. The average Bonchev–Trinajstić information content (AvgIpc) is 2.85. The molecule has 0 aliphatic carbocycles. The van der Waals surface area contributed by atoms with Crippen LogP contribution in [0.2, 0.25) is 0 Å². The van der Waals surface area contributed by atoms with Crippen molar-refractivity contribution in [2.45, 2.75) is 26.3 Å². The maximum Gasteiger partial charge on any atom is 0.161 e. The Labute approximate surface area is 133 Å². The number of hydrogen-bond donors (Lipinski definition) is 1. The molecule has 0 saturated heterocycles. The molecule has 1 aromatic heterocycles. The number of imidazole rings is 1. The predicted molar refractivity (Wildman–Crippen MR) is 87.3 cm³/mol. The van der Waals surface area contributed by atoms with Gasteiger partial charge in [-0.3, -0.25) is 0 Å². The lowest BCUT2D eigenvalue weighted by Crippen LogP contribution is -2.13. The number of fused-ring (bicyclic) bond motifs is 1. The highest BCUT2D eigenvalue weighted by Crippen LogP contribution is 2.21. The number of nitrogens with two attached hydrogens (primary N) is 1. The number of nitrogens with zero attached hydrogens (tertiary/aromatic N) is 2. The summed E-state index contributed by atoms with van der Waals surface area (Å²) in [4.78, 5) is 4.47. The molecule has 0 radical (unpaired) electrons. The van der Waals surface area contributed by atoms with Crippen molar-refractivity contribution >= 4 is 11.0 Å². The summed E-state index contributed by atoms with van der Waals surface area (Å²) >= 11 is 0. The predicted octanol–water partition coefficient (Wildman–Crippen LogP) is 3.37. The van der Waals surface area contributed by atoms with Gasteiger partial charge in [0.25, 0.3) is 0 Å². The van der Waals surface area contributed by atoms with Crippen LogP contribution in [0, 0.1) is 18.6 Å². The fraction of sp³-hybridized carbons (Fsp3) is 0.278. The standard InChI is InChI=1S/C18H19F2N3/c1-12-2-4-13(5-3-12)6-7-18-22-16-10-14(19)15(20)11-17(16)23(18)9-8-21/h2-5,10-11H,6-9,21H2,1H3. The smallest absolute Gasteiger partial charge is 0.161 e. The second kappa shape index (κ2) is 6.46. The molecule has 0 aliphatic heterocycles. The van der Waals surface area contributed by atoms with Gasteiger partial charge in [0.1, 0.15) is 5.82 Å². The highest BCUT2D eigenvalue weighted by Gasteiger charge is 2.14. The Hall–Kier alpha value is -2.27. The maximum atomic E-state index is 13.5. The fourth-order valence-corrected chi connectivity index (χ4v) is 2.75. The van der Waals surface area contributed by atoms with Gasteiger partial charge in [0.15, 0.2) is 11.6 Å². The van der Waals surface area contributed by atoms with E-state index < -0.39 is 11.6 Å². The Kier molecular flexibility index (Phi) is 4.39. The lowest BCUT2D eigenvalue weighted by molar-refractivity contribution is 0.510. The van der Waals surface area contributed by atoms with Gasteiger partial charge in [0, 0.05) is 31.6 Å². The van der Waals surface area contributed by atoms with Gasteiger partial charge in [-0.2, -0.15) is 0 Å². The molecular formula is C18H19F2N3. The normalized spacial score (nSPS) is 11.3. The molecule has 2 N–H and O–H groups in total. The van der Waals surface area contributed by atoms with Gasteiger partial charge >= 0.3 is 0 Å². The third-order valence-electron chi connectivity index (χ3n) is 3.98. The summed E-state index contributed by atoms with van der Waals surface area (Å²) in [7, 11) is 0. The second-order valence-corrected chi connectivity index (χ2v) is 5.71. The summed E-state index contributed by atoms with van der Waals surface area (Å²) < 4.78 is 28.8. The summed E-state index contributed by atoms with van der Waals surface area (Å²) in [5.74, 6) is -0.934. The van der Waals surface area contributed by atoms with Gasteiger partial charge in [0.05, 0.1) is 11.0 Å². The number of hydrogen-bond acceptors (Lipinski definition) is 2. The van der Waals surface area contributed by atoms with Crippen LogP contribution in [-0.2, 0) is 19.4 Å². The molecule has 0 saturated carbocycles. The van der Waals surface area contributed by atoms with E-state index in [4.69, 9.17) is 5.73 Å². The maximum absolute atomic E-state index is 13.5. The quantitative estimate of drug-likeness (QED) is 0.784. The molecule has 0 unspecified atom stereocenters. The minimum absolute atomic E-state index is 0.419. The molecular weight excluding hydrogens is 296 g/mol. The van der Waals surface area contributed by atoms with Crippen LogP contribution in [0.1, 0.15) is 17.0 Å². The first kappa shape index (κ1) is 15.6. The Morgan fingerprint density at radius 2 is 1.74 bits per heavy atom. The first-order chi connectivity index (χ1) is 11.1. The number of halogens is 2. The third-order valence-corrected chi connectivity index (χ3v) is 3.98. The fourth-order valence-electron chi connectivity index (χ4n) is 2.75. The van der Waals surface area contributed by atoms with Gasteiger partial charge in [-0.25, -0.2) is 13.8 Å². The van der Waals surface area contributed by atoms with E-state index in [2.05, 4.69) is 29.2 Å². The summed E-state index contributed by atoms with van der Waals surface area (Å²) in [6.07, 6.45) is 1.51. The first-order valence-corrected chi connectivity index (χ1v) is 7.68. The highest BCUT2D eigenvalue weighted by molar-refractivity contribution is 5.76. The van der Waals surface area contributed by atoms with E-state index in [0.29, 0.717) is 30.5 Å². The van der Waals surface area contributed by atoms with E-state index in [-0.39, 0.29) is 0 Å². The molecule has 0 fully saturated rings. The van der Waals surface area contributed by atoms with E-state index in [0.717, 1.165) is 18.3 Å². The van der Waals surface area contributed by atoms with Crippen LogP contribution in [0.5, 0.6) is 0 Å². The van der Waals surface area contributed by atoms with Crippen LogP contribution in [0.3, 0.4) is 0 Å². The lowest BCUT2D eigenvalue weighted by Gasteiger charge is -2.08. The minimum atomic E-state index is -0.875. The van der Waals surface area contributed by atoms with E-state index >= 15 is 0 Å². The third kappa shape index (κ3) is 3.24. The summed E-state index contributed by atoms with van der Waals surface area (Å²) in [6.45, 7) is 3.00. The number of rotatable bonds is 5. The molecule has 0 amide bonds. The molecule has 0 aliphatic rings. The van der Waals surface area contributed by atoms with E-state index in [1.807, 2.05) is 11.5 Å². The minimum Gasteiger partial charge on any atom is -0.329 e. The average molecular weight is 315 g/mol. The van der Waals surface area contributed by atoms with Crippen LogP contribution in [0.15, 0.2) is 36.4 Å². The van der Waals surface area contributed by atoms with E-state index in [1.54, 1.807) is 0 Å². The van der Waals surface area contributed by atoms with Gasteiger partial charge < -0.3 is 10.3 Å². The molecule has 0 spiro atoms. The van der Waals surface area contributed by atoms with Gasteiger partial charge in [-0.1, -0.05) is 29.8 Å². The van der Waals surface area contributed by atoms with E-state index in [1.165, 1.54) is 17.2 Å². The monoisotopic (exact) mass is 315 g/mol. The molecule has 3 nitrogen and oxygen atoms in total. The van der Waals surface area contributed by atoms with E-state index in [9.17, 15) is 8.78 Å². The van der Waals surface area contributed by atoms with Crippen molar-refractivity contribution in [3.05, 3.63) is 65.0 Å². The molecule has 120 valence electrons. The molecule has 0 atom stereocenters. The van der Waals surface area contributed by atoms with Crippen molar-refractivity contribution in [2.75, 3.05) is 6.54 Å².